The molecule has 0 fully saturated rings. The number of alkyl halides is 3. The van der Waals surface area contributed by atoms with Crippen LogP contribution >= 0.6 is 0 Å². The Balaban J connectivity index is 1.72. The normalized spacial score (nSPS) is 16.9. The van der Waals surface area contributed by atoms with E-state index >= 15 is 0 Å². The molecular formula is C18H15F3N4O3. The molecule has 0 unspecified atom stereocenters. The molecule has 10 heteroatoms. The first-order valence-electron chi connectivity index (χ1n) is 8.38. The van der Waals surface area contributed by atoms with Gasteiger partial charge in [0.15, 0.2) is 17.3 Å². The lowest BCUT2D eigenvalue weighted by molar-refractivity contribution is -0.144. The highest BCUT2D eigenvalue weighted by Crippen LogP contribution is 2.36. The molecule has 1 aliphatic carbocycles. The number of ketones is 1. The number of fused-ring (bicyclic) bond motifs is 2. The van der Waals surface area contributed by atoms with Crippen LogP contribution in [0.2, 0.25) is 0 Å². The van der Waals surface area contributed by atoms with E-state index in [4.69, 9.17) is 9.47 Å². The minimum atomic E-state index is -4.68. The number of methoxy groups -OCH3 is 2. The van der Waals surface area contributed by atoms with Crippen molar-refractivity contribution in [3.05, 3.63) is 47.0 Å². The summed E-state index contributed by atoms with van der Waals surface area (Å²) in [5.41, 5.74) is 1.53. The predicted octanol–water partition coefficient (Wildman–Crippen LogP) is 3.07. The fourth-order valence-electron chi connectivity index (χ4n) is 3.35. The van der Waals surface area contributed by atoms with Crippen LogP contribution in [0.5, 0.6) is 11.5 Å². The summed E-state index contributed by atoms with van der Waals surface area (Å²) in [5.74, 6) is -0.761. The van der Waals surface area contributed by atoms with Gasteiger partial charge in [-0.2, -0.15) is 18.2 Å². The van der Waals surface area contributed by atoms with E-state index in [2.05, 4.69) is 15.1 Å². The molecule has 0 radical (unpaired) electrons. The Morgan fingerprint density at radius 3 is 2.54 bits per heavy atom. The molecule has 146 valence electrons. The molecule has 0 amide bonds. The van der Waals surface area contributed by atoms with Crippen LogP contribution < -0.4 is 9.47 Å². The summed E-state index contributed by atoms with van der Waals surface area (Å²) in [6.45, 7) is 0. The molecule has 0 N–H and O–H groups in total. The third-order valence-corrected chi connectivity index (χ3v) is 4.72. The monoisotopic (exact) mass is 392 g/mol. The molecule has 0 saturated carbocycles. The Morgan fingerprint density at radius 2 is 1.86 bits per heavy atom. The molecule has 1 aromatic carbocycles. The van der Waals surface area contributed by atoms with Crippen molar-refractivity contribution in [2.45, 2.75) is 24.9 Å². The highest BCUT2D eigenvalue weighted by molar-refractivity contribution is 5.98. The maximum Gasteiger partial charge on any atom is 0.453 e. The van der Waals surface area contributed by atoms with E-state index < -0.39 is 12.0 Å². The number of carbonyl (C=O) groups excluding carboxylic acids is 1. The Kier molecular flexibility index (Phi) is 4.20. The molecule has 3 aromatic rings. The molecule has 4 rings (SSSR count). The van der Waals surface area contributed by atoms with E-state index in [0.29, 0.717) is 23.6 Å². The second kappa shape index (κ2) is 6.47. The summed E-state index contributed by atoms with van der Waals surface area (Å²) in [6, 6.07) is 5.37. The van der Waals surface area contributed by atoms with Crippen molar-refractivity contribution in [3.8, 4) is 11.5 Å². The van der Waals surface area contributed by atoms with Crippen molar-refractivity contribution >= 4 is 11.6 Å². The standard InChI is InChI=1S/C18H15F3N4O3/c1-27-14-4-3-9(7-15(14)28-2)10-5-12-11(13(26)6-10)8-25-17(22-12)23-16(24-25)18(19,20)21/h3-4,7-8,10H,5-6H2,1-2H3/t10-/m0/s1. The zero-order valence-electron chi connectivity index (χ0n) is 14.9. The average molecular weight is 392 g/mol. The van der Waals surface area contributed by atoms with E-state index in [0.717, 1.165) is 10.1 Å². The van der Waals surface area contributed by atoms with Crippen LogP contribution in [0.25, 0.3) is 5.78 Å². The zero-order chi connectivity index (χ0) is 20.1. The Labute approximate surface area is 157 Å². The van der Waals surface area contributed by atoms with Gasteiger partial charge in [0.25, 0.3) is 11.6 Å². The predicted molar refractivity (Wildman–Crippen MR) is 90.7 cm³/mol. The number of hydrogen-bond acceptors (Lipinski definition) is 6. The van der Waals surface area contributed by atoms with Gasteiger partial charge in [-0.25, -0.2) is 9.50 Å². The highest BCUT2D eigenvalue weighted by atomic mass is 19.4. The lowest BCUT2D eigenvalue weighted by Gasteiger charge is -2.23. The fraction of sp³-hybridized carbons (Fsp3) is 0.333. The molecule has 0 bridgehead atoms. The fourth-order valence-corrected chi connectivity index (χ4v) is 3.35. The molecule has 2 aromatic heterocycles. The molecule has 0 aliphatic heterocycles. The lowest BCUT2D eigenvalue weighted by Crippen LogP contribution is -2.21. The van der Waals surface area contributed by atoms with Crippen LogP contribution in [0.4, 0.5) is 13.2 Å². The molecule has 2 heterocycles. The molecular weight excluding hydrogens is 377 g/mol. The first kappa shape index (κ1) is 18.2. The maximum absolute atomic E-state index is 12.8. The molecule has 1 aliphatic rings. The van der Waals surface area contributed by atoms with Crippen LogP contribution in [0.3, 0.4) is 0 Å². The number of halogens is 3. The molecule has 0 spiro atoms. The first-order valence-corrected chi connectivity index (χ1v) is 8.38. The largest absolute Gasteiger partial charge is 0.493 e. The smallest absolute Gasteiger partial charge is 0.453 e. The summed E-state index contributed by atoms with van der Waals surface area (Å²) in [6.07, 6.45) is -2.81. The van der Waals surface area contributed by atoms with Crippen molar-refractivity contribution < 1.29 is 27.4 Å². The van der Waals surface area contributed by atoms with Gasteiger partial charge in [0.05, 0.1) is 25.5 Å². The second-order valence-corrected chi connectivity index (χ2v) is 6.42. The van der Waals surface area contributed by atoms with Gasteiger partial charge in [-0.1, -0.05) is 6.07 Å². The zero-order valence-corrected chi connectivity index (χ0v) is 14.9. The summed E-state index contributed by atoms with van der Waals surface area (Å²) in [5, 5.41) is 3.38. The van der Waals surface area contributed by atoms with Crippen LogP contribution in [0.15, 0.2) is 24.4 Å². The van der Waals surface area contributed by atoms with Crippen LogP contribution in [0.1, 0.15) is 39.8 Å². The van der Waals surface area contributed by atoms with Crippen molar-refractivity contribution in [2.24, 2.45) is 0 Å². The van der Waals surface area contributed by atoms with E-state index in [1.165, 1.54) is 20.4 Å². The van der Waals surface area contributed by atoms with Gasteiger partial charge in [-0.15, -0.1) is 5.10 Å². The summed E-state index contributed by atoms with van der Waals surface area (Å²) in [4.78, 5) is 20.2. The summed E-state index contributed by atoms with van der Waals surface area (Å²) in [7, 11) is 3.05. The van der Waals surface area contributed by atoms with Crippen LogP contribution in [-0.2, 0) is 12.6 Å². The van der Waals surface area contributed by atoms with E-state index in [9.17, 15) is 18.0 Å². The Hall–Kier alpha value is -3.17. The number of aromatic nitrogens is 4. The lowest BCUT2D eigenvalue weighted by atomic mass is 9.82. The number of nitrogens with zero attached hydrogens (tertiary/aromatic N) is 4. The maximum atomic E-state index is 12.8. The SMILES string of the molecule is COc1ccc([C@@H]2CC(=O)c3cn4nc(C(F)(F)F)nc4nc3C2)cc1OC. The van der Waals surface area contributed by atoms with Crippen molar-refractivity contribution in [1.82, 2.24) is 19.6 Å². The Bertz CT molecular complexity index is 1080. The minimum absolute atomic E-state index is 0.181. The van der Waals surface area contributed by atoms with Gasteiger partial charge in [0, 0.05) is 12.6 Å². The molecule has 7 nitrogen and oxygen atoms in total. The van der Waals surface area contributed by atoms with Gasteiger partial charge in [0.1, 0.15) is 0 Å². The third kappa shape index (κ3) is 3.04. The second-order valence-electron chi connectivity index (χ2n) is 6.42. The number of hydrogen-bond donors (Lipinski definition) is 0. The number of carbonyl (C=O) groups is 1. The number of Topliss-reactive ketones (excluding diaryl/α,β-unsaturated/α-hetero) is 1. The van der Waals surface area contributed by atoms with Crippen LogP contribution in [-0.4, -0.2) is 39.6 Å². The van der Waals surface area contributed by atoms with Gasteiger partial charge in [-0.3, -0.25) is 4.79 Å². The van der Waals surface area contributed by atoms with Crippen molar-refractivity contribution in [2.75, 3.05) is 14.2 Å². The van der Waals surface area contributed by atoms with E-state index in [1.807, 2.05) is 6.07 Å². The third-order valence-electron chi connectivity index (χ3n) is 4.72. The summed E-state index contributed by atoms with van der Waals surface area (Å²) >= 11 is 0. The number of benzene rings is 1. The first-order chi connectivity index (χ1) is 13.3. The van der Waals surface area contributed by atoms with Gasteiger partial charge >= 0.3 is 6.18 Å². The quantitative estimate of drug-likeness (QED) is 0.682. The van der Waals surface area contributed by atoms with Gasteiger partial charge in [0.2, 0.25) is 0 Å². The van der Waals surface area contributed by atoms with Crippen molar-refractivity contribution in [1.29, 1.82) is 0 Å². The average Bonchev–Trinajstić information content (AvgIpc) is 3.09. The van der Waals surface area contributed by atoms with Crippen molar-refractivity contribution in [3.63, 3.8) is 0 Å². The molecule has 1 atom stereocenters. The number of ether oxygens (including phenoxy) is 2. The number of rotatable bonds is 3. The van der Waals surface area contributed by atoms with Crippen LogP contribution in [0, 0.1) is 0 Å². The summed E-state index contributed by atoms with van der Waals surface area (Å²) < 4.78 is 49.9. The highest BCUT2D eigenvalue weighted by Gasteiger charge is 2.37. The molecule has 28 heavy (non-hydrogen) atoms. The van der Waals surface area contributed by atoms with E-state index in [-0.39, 0.29) is 29.5 Å². The van der Waals surface area contributed by atoms with Gasteiger partial charge < -0.3 is 9.47 Å². The Morgan fingerprint density at radius 1 is 1.11 bits per heavy atom. The topological polar surface area (TPSA) is 78.6 Å². The minimum Gasteiger partial charge on any atom is -0.493 e. The van der Waals surface area contributed by atoms with Gasteiger partial charge in [-0.05, 0) is 30.0 Å². The van der Waals surface area contributed by atoms with E-state index in [1.54, 1.807) is 12.1 Å². The molecule has 0 saturated heterocycles.